The van der Waals surface area contributed by atoms with Crippen molar-refractivity contribution in [2.75, 3.05) is 26.6 Å². The summed E-state index contributed by atoms with van der Waals surface area (Å²) >= 11 is 6.61. The minimum absolute atomic E-state index is 0.153. The van der Waals surface area contributed by atoms with Crippen molar-refractivity contribution in [2.24, 2.45) is 5.73 Å². The van der Waals surface area contributed by atoms with Crippen LogP contribution in [0.25, 0.3) is 0 Å². The van der Waals surface area contributed by atoms with Crippen LogP contribution < -0.4 is 25.3 Å². The number of nitrogens with one attached hydrogen (secondary N) is 1. The Bertz CT molecular complexity index is 1310. The molecule has 4 rings (SSSR count). The van der Waals surface area contributed by atoms with Crippen LogP contribution >= 0.6 is 11.6 Å². The Morgan fingerprint density at radius 3 is 2.26 bits per heavy atom. The average molecular weight is 552 g/mol. The molecule has 1 fully saturated rings. The van der Waals surface area contributed by atoms with Crippen molar-refractivity contribution in [1.82, 2.24) is 4.90 Å². The number of halogens is 1. The summed E-state index contributed by atoms with van der Waals surface area (Å²) in [5.74, 6) is 1.23. The Kier molecular flexibility index (Phi) is 9.32. The van der Waals surface area contributed by atoms with Crippen LogP contribution in [-0.2, 0) is 6.54 Å². The second-order valence-electron chi connectivity index (χ2n) is 9.51. The molecule has 0 aliphatic heterocycles. The molecule has 9 heteroatoms. The third kappa shape index (κ3) is 6.64. The summed E-state index contributed by atoms with van der Waals surface area (Å²) in [7, 11) is 4.66. The molecule has 2 atom stereocenters. The third-order valence-electron chi connectivity index (χ3n) is 7.07. The zero-order valence-corrected chi connectivity index (χ0v) is 23.2. The molecular weight excluding hydrogens is 518 g/mol. The van der Waals surface area contributed by atoms with Gasteiger partial charge in [-0.2, -0.15) is 0 Å². The first-order valence-corrected chi connectivity index (χ1v) is 13.2. The Morgan fingerprint density at radius 1 is 0.897 bits per heavy atom. The Labute approximate surface area is 234 Å². The van der Waals surface area contributed by atoms with Gasteiger partial charge in [0.1, 0.15) is 5.75 Å². The summed E-state index contributed by atoms with van der Waals surface area (Å²) in [6.45, 7) is 0.233. The summed E-state index contributed by atoms with van der Waals surface area (Å²) in [6, 6.07) is 16.9. The fourth-order valence-corrected chi connectivity index (χ4v) is 5.08. The predicted molar refractivity (Wildman–Crippen MR) is 152 cm³/mol. The highest BCUT2D eigenvalue weighted by Gasteiger charge is 2.32. The van der Waals surface area contributed by atoms with E-state index in [9.17, 15) is 9.59 Å². The molecule has 0 radical (unpaired) electrons. The minimum Gasteiger partial charge on any atom is -0.497 e. The lowest BCUT2D eigenvalue weighted by Crippen LogP contribution is -2.51. The first-order chi connectivity index (χ1) is 18.8. The molecule has 1 aliphatic carbocycles. The maximum absolute atomic E-state index is 13.9. The number of hydrogen-bond donors (Lipinski definition) is 2. The lowest BCUT2D eigenvalue weighted by Gasteiger charge is -2.39. The van der Waals surface area contributed by atoms with E-state index in [4.69, 9.17) is 31.5 Å². The average Bonchev–Trinajstić information content (AvgIpc) is 2.97. The van der Waals surface area contributed by atoms with Crippen LogP contribution in [0.5, 0.6) is 17.2 Å². The van der Waals surface area contributed by atoms with Crippen molar-refractivity contribution in [1.29, 1.82) is 0 Å². The van der Waals surface area contributed by atoms with Gasteiger partial charge in [0.05, 0.1) is 21.3 Å². The van der Waals surface area contributed by atoms with Gasteiger partial charge in [-0.25, -0.2) is 0 Å². The predicted octanol–water partition coefficient (Wildman–Crippen LogP) is 5.53. The van der Waals surface area contributed by atoms with E-state index < -0.39 is 0 Å². The number of nitrogens with zero attached hydrogens (tertiary/aromatic N) is 1. The monoisotopic (exact) mass is 551 g/mol. The quantitative estimate of drug-likeness (QED) is 0.362. The van der Waals surface area contributed by atoms with E-state index in [1.807, 2.05) is 0 Å². The molecule has 3 aromatic carbocycles. The van der Waals surface area contributed by atoms with E-state index in [1.54, 1.807) is 79.8 Å². The molecule has 1 aliphatic rings. The summed E-state index contributed by atoms with van der Waals surface area (Å²) in [5.41, 5.74) is 8.76. The number of hydrogen-bond acceptors (Lipinski definition) is 6. The van der Waals surface area contributed by atoms with Crippen molar-refractivity contribution in [3.05, 3.63) is 82.4 Å². The normalized spacial score (nSPS) is 16.7. The van der Waals surface area contributed by atoms with E-state index in [0.717, 1.165) is 25.7 Å². The smallest absolute Gasteiger partial charge is 0.255 e. The van der Waals surface area contributed by atoms with Crippen molar-refractivity contribution in [2.45, 2.75) is 44.3 Å². The summed E-state index contributed by atoms with van der Waals surface area (Å²) in [5, 5.41) is 3.41. The van der Waals surface area contributed by atoms with Gasteiger partial charge in [0.2, 0.25) is 0 Å². The second kappa shape index (κ2) is 12.9. The molecule has 0 aromatic heterocycles. The summed E-state index contributed by atoms with van der Waals surface area (Å²) in [6.07, 6.45) is 3.65. The van der Waals surface area contributed by atoms with Crippen LogP contribution in [0.2, 0.25) is 5.02 Å². The molecule has 2 unspecified atom stereocenters. The molecule has 0 saturated heterocycles. The van der Waals surface area contributed by atoms with Crippen LogP contribution in [0.4, 0.5) is 5.69 Å². The van der Waals surface area contributed by atoms with Crippen LogP contribution in [-0.4, -0.2) is 50.1 Å². The number of benzene rings is 3. The van der Waals surface area contributed by atoms with Crippen LogP contribution in [0, 0.1) is 0 Å². The van der Waals surface area contributed by atoms with Crippen LogP contribution in [0.15, 0.2) is 60.7 Å². The Morgan fingerprint density at radius 2 is 1.59 bits per heavy atom. The van der Waals surface area contributed by atoms with Gasteiger partial charge in [0.15, 0.2) is 11.5 Å². The molecule has 0 heterocycles. The Balaban J connectivity index is 1.62. The van der Waals surface area contributed by atoms with Crippen molar-refractivity contribution < 1.29 is 23.8 Å². The van der Waals surface area contributed by atoms with E-state index in [1.165, 1.54) is 7.11 Å². The molecule has 3 aromatic rings. The molecule has 0 spiro atoms. The van der Waals surface area contributed by atoms with Gasteiger partial charge < -0.3 is 30.2 Å². The number of carbonyl (C=O) groups is 2. The summed E-state index contributed by atoms with van der Waals surface area (Å²) < 4.78 is 15.9. The van der Waals surface area contributed by atoms with Gasteiger partial charge in [-0.05, 0) is 79.1 Å². The first-order valence-electron chi connectivity index (χ1n) is 12.9. The maximum atomic E-state index is 13.9. The van der Waals surface area contributed by atoms with Crippen LogP contribution in [0.3, 0.4) is 0 Å². The zero-order valence-electron chi connectivity index (χ0n) is 22.4. The van der Waals surface area contributed by atoms with E-state index in [0.29, 0.717) is 44.6 Å². The van der Waals surface area contributed by atoms with Crippen LogP contribution in [0.1, 0.15) is 52.0 Å². The Hall–Kier alpha value is -3.75. The lowest BCUT2D eigenvalue weighted by molar-refractivity contribution is 0.0583. The molecule has 3 N–H and O–H groups in total. The molecule has 2 amide bonds. The largest absolute Gasteiger partial charge is 0.497 e. The fraction of sp³-hybridized carbons (Fsp3) is 0.333. The number of amides is 2. The van der Waals surface area contributed by atoms with Gasteiger partial charge in [-0.1, -0.05) is 24.4 Å². The van der Waals surface area contributed by atoms with Crippen molar-refractivity contribution >= 4 is 29.1 Å². The zero-order chi connectivity index (χ0) is 27.9. The van der Waals surface area contributed by atoms with Gasteiger partial charge in [-0.15, -0.1) is 0 Å². The van der Waals surface area contributed by atoms with Gasteiger partial charge in [-0.3, -0.25) is 9.59 Å². The number of ether oxygens (including phenoxy) is 3. The molecule has 8 nitrogen and oxygen atoms in total. The molecule has 39 heavy (non-hydrogen) atoms. The van der Waals surface area contributed by atoms with Gasteiger partial charge in [0.25, 0.3) is 11.8 Å². The van der Waals surface area contributed by atoms with E-state index >= 15 is 0 Å². The fourth-order valence-electron chi connectivity index (χ4n) is 4.90. The SMILES string of the molecule is COc1ccc(C(=O)Nc2ccc(Cl)c(CN(C(=O)c3ccc(OC)c(OC)c3)C3CCCCC3N)c2)cc1. The highest BCUT2D eigenvalue weighted by molar-refractivity contribution is 6.31. The highest BCUT2D eigenvalue weighted by Crippen LogP contribution is 2.32. The summed E-state index contributed by atoms with van der Waals surface area (Å²) in [4.78, 5) is 28.6. The minimum atomic E-state index is -0.265. The lowest BCUT2D eigenvalue weighted by atomic mass is 9.89. The number of rotatable bonds is 9. The third-order valence-corrected chi connectivity index (χ3v) is 7.44. The number of methoxy groups -OCH3 is 3. The second-order valence-corrected chi connectivity index (χ2v) is 9.91. The number of carbonyl (C=O) groups excluding carboxylic acids is 2. The van der Waals surface area contributed by atoms with Gasteiger partial charge in [0, 0.05) is 40.5 Å². The van der Waals surface area contributed by atoms with Crippen molar-refractivity contribution in [3.63, 3.8) is 0 Å². The topological polar surface area (TPSA) is 103 Å². The number of anilines is 1. The first kappa shape index (κ1) is 28.3. The van der Waals surface area contributed by atoms with Gasteiger partial charge >= 0.3 is 0 Å². The standard InChI is InChI=1S/C30H34ClN3O5/c1-37-23-12-8-19(9-13-23)29(35)33-22-11-14-24(31)21(16-22)18-34(26-7-5-4-6-25(26)32)30(36)20-10-15-27(38-2)28(17-20)39-3/h8-17,25-26H,4-7,18,32H2,1-3H3,(H,33,35). The van der Waals surface area contributed by atoms with E-state index in [2.05, 4.69) is 5.32 Å². The molecule has 1 saturated carbocycles. The maximum Gasteiger partial charge on any atom is 0.255 e. The van der Waals surface area contributed by atoms with Crippen molar-refractivity contribution in [3.8, 4) is 17.2 Å². The molecule has 0 bridgehead atoms. The highest BCUT2D eigenvalue weighted by atomic mass is 35.5. The van der Waals surface area contributed by atoms with E-state index in [-0.39, 0.29) is 30.4 Å². The molecule has 206 valence electrons. The molecular formula is C30H34ClN3O5. The number of nitrogens with two attached hydrogens (primary N) is 1.